The Hall–Kier alpha value is -2.92. The minimum absolute atomic E-state index is 0.0576. The van der Waals surface area contributed by atoms with Gasteiger partial charge in [0.1, 0.15) is 12.4 Å². The van der Waals surface area contributed by atoms with Crippen molar-refractivity contribution in [3.8, 4) is 0 Å². The quantitative estimate of drug-likeness (QED) is 0.535. The molecule has 2 saturated heterocycles. The third-order valence-electron chi connectivity index (χ3n) is 6.40. The first kappa shape index (κ1) is 21.3. The predicted octanol–water partition coefficient (Wildman–Crippen LogP) is 1.08. The minimum atomic E-state index is -4.69. The first-order valence-electron chi connectivity index (χ1n) is 10.1. The van der Waals surface area contributed by atoms with Crippen molar-refractivity contribution in [3.05, 3.63) is 18.0 Å². The van der Waals surface area contributed by atoms with E-state index in [0.29, 0.717) is 31.8 Å². The number of amides is 3. The van der Waals surface area contributed by atoms with E-state index >= 15 is 0 Å². The fourth-order valence-electron chi connectivity index (χ4n) is 4.86. The standard InChI is InChI=1S/C19H23F3N6O3/c1-9-2-3-11-13(17(31)28(15(11)29)8-19(20,21)22)12(9)16(30)27-6-4-10(5-7-27)14-24-18(23)26-25-14/h2-3,9-13H,4-8H2,1H3,(H3,23,24,25,26). The van der Waals surface area contributed by atoms with Crippen LogP contribution in [0.25, 0.3) is 0 Å². The van der Waals surface area contributed by atoms with Gasteiger partial charge in [0.25, 0.3) is 0 Å². The maximum Gasteiger partial charge on any atom is 0.406 e. The predicted molar refractivity (Wildman–Crippen MR) is 101 cm³/mol. The number of H-pyrrole nitrogens is 1. The van der Waals surface area contributed by atoms with Crippen molar-refractivity contribution in [2.45, 2.75) is 31.9 Å². The average Bonchev–Trinajstić information content (AvgIpc) is 3.24. The smallest absolute Gasteiger partial charge is 0.367 e. The molecule has 9 nitrogen and oxygen atoms in total. The number of nitrogens with one attached hydrogen (secondary N) is 1. The average molecular weight is 440 g/mol. The molecule has 3 amide bonds. The lowest BCUT2D eigenvalue weighted by atomic mass is 9.71. The molecule has 12 heteroatoms. The number of carbonyl (C=O) groups excluding carboxylic acids is 3. The molecule has 31 heavy (non-hydrogen) atoms. The second kappa shape index (κ2) is 7.65. The van der Waals surface area contributed by atoms with Gasteiger partial charge in [0.2, 0.25) is 23.7 Å². The van der Waals surface area contributed by atoms with E-state index in [1.54, 1.807) is 17.9 Å². The Labute approximate surface area is 175 Å². The molecule has 168 valence electrons. The fraction of sp³-hybridized carbons (Fsp3) is 0.632. The van der Waals surface area contributed by atoms with E-state index in [0.717, 1.165) is 0 Å². The van der Waals surface area contributed by atoms with Gasteiger partial charge in [0.05, 0.1) is 17.8 Å². The van der Waals surface area contributed by atoms with Crippen molar-refractivity contribution in [1.82, 2.24) is 25.0 Å². The third-order valence-corrected chi connectivity index (χ3v) is 6.40. The van der Waals surface area contributed by atoms with E-state index in [-0.39, 0.29) is 28.6 Å². The normalized spacial score (nSPS) is 29.5. The third kappa shape index (κ3) is 3.90. The summed E-state index contributed by atoms with van der Waals surface area (Å²) in [5, 5.41) is 6.59. The number of rotatable bonds is 3. The lowest BCUT2D eigenvalue weighted by molar-refractivity contribution is -0.167. The molecule has 4 atom stereocenters. The molecule has 0 spiro atoms. The number of hydrogen-bond acceptors (Lipinski definition) is 6. The molecular formula is C19H23F3N6O3. The number of carbonyl (C=O) groups is 3. The summed E-state index contributed by atoms with van der Waals surface area (Å²) in [6.07, 6.45) is -0.358. The number of nitrogens with zero attached hydrogens (tertiary/aromatic N) is 4. The zero-order valence-corrected chi connectivity index (χ0v) is 16.8. The van der Waals surface area contributed by atoms with Gasteiger partial charge in [-0.15, -0.1) is 5.10 Å². The Morgan fingerprint density at radius 1 is 1.23 bits per heavy atom. The SMILES string of the molecule is CC1C=CC2C(=O)N(CC(F)(F)F)C(=O)C2C1C(=O)N1CCC(c2nc(N)n[nH]2)CC1. The number of allylic oxidation sites excluding steroid dienone is 1. The van der Waals surface area contributed by atoms with Crippen molar-refractivity contribution in [2.75, 3.05) is 25.4 Å². The summed E-state index contributed by atoms with van der Waals surface area (Å²) in [5.74, 6) is -4.65. The van der Waals surface area contributed by atoms with Crippen LogP contribution in [0.5, 0.6) is 0 Å². The van der Waals surface area contributed by atoms with Crippen LogP contribution in [0.1, 0.15) is 31.5 Å². The van der Waals surface area contributed by atoms with Crippen molar-refractivity contribution in [2.24, 2.45) is 23.7 Å². The Kier molecular flexibility index (Phi) is 5.26. The van der Waals surface area contributed by atoms with Gasteiger partial charge in [-0.1, -0.05) is 19.1 Å². The molecular weight excluding hydrogens is 417 g/mol. The van der Waals surface area contributed by atoms with Gasteiger partial charge in [0.15, 0.2) is 0 Å². The van der Waals surface area contributed by atoms with Crippen LogP contribution < -0.4 is 5.73 Å². The monoisotopic (exact) mass is 440 g/mol. The molecule has 0 bridgehead atoms. The largest absolute Gasteiger partial charge is 0.406 e. The Bertz CT molecular complexity index is 921. The molecule has 3 aliphatic rings. The number of imide groups is 1. The Morgan fingerprint density at radius 3 is 2.48 bits per heavy atom. The number of likely N-dealkylation sites (tertiary alicyclic amines) is 2. The van der Waals surface area contributed by atoms with Crippen LogP contribution >= 0.6 is 0 Å². The number of nitrogen functional groups attached to an aromatic ring is 1. The van der Waals surface area contributed by atoms with E-state index in [1.165, 1.54) is 6.08 Å². The van der Waals surface area contributed by atoms with Crippen LogP contribution in [-0.4, -0.2) is 68.5 Å². The molecule has 1 aliphatic carbocycles. The fourth-order valence-corrected chi connectivity index (χ4v) is 4.86. The summed E-state index contributed by atoms with van der Waals surface area (Å²) in [6, 6.07) is 0. The van der Waals surface area contributed by atoms with Crippen molar-refractivity contribution >= 4 is 23.7 Å². The molecule has 0 aromatic carbocycles. The number of aromatic amines is 1. The van der Waals surface area contributed by atoms with E-state index in [4.69, 9.17) is 5.73 Å². The van der Waals surface area contributed by atoms with E-state index in [9.17, 15) is 27.6 Å². The summed E-state index contributed by atoms with van der Waals surface area (Å²) >= 11 is 0. The van der Waals surface area contributed by atoms with Gasteiger partial charge in [-0.25, -0.2) is 0 Å². The number of anilines is 1. The zero-order valence-electron chi connectivity index (χ0n) is 16.8. The summed E-state index contributed by atoms with van der Waals surface area (Å²) in [7, 11) is 0. The maximum atomic E-state index is 13.3. The maximum absolute atomic E-state index is 13.3. The number of piperidine rings is 1. The lowest BCUT2D eigenvalue weighted by Gasteiger charge is -2.38. The number of fused-ring (bicyclic) bond motifs is 1. The molecule has 3 N–H and O–H groups in total. The first-order chi connectivity index (χ1) is 14.6. The second-order valence-corrected chi connectivity index (χ2v) is 8.38. The summed E-state index contributed by atoms with van der Waals surface area (Å²) < 4.78 is 38.6. The highest BCUT2D eigenvalue weighted by Crippen LogP contribution is 2.43. The van der Waals surface area contributed by atoms with Crippen LogP contribution in [0.2, 0.25) is 0 Å². The highest BCUT2D eigenvalue weighted by atomic mass is 19.4. The van der Waals surface area contributed by atoms with E-state index < -0.39 is 42.3 Å². The van der Waals surface area contributed by atoms with E-state index in [1.807, 2.05) is 0 Å². The molecule has 2 aliphatic heterocycles. The molecule has 3 heterocycles. The second-order valence-electron chi connectivity index (χ2n) is 8.38. The molecule has 4 rings (SSSR count). The number of hydrogen-bond donors (Lipinski definition) is 2. The molecule has 0 radical (unpaired) electrons. The molecule has 1 aromatic heterocycles. The number of aromatic nitrogens is 3. The highest BCUT2D eigenvalue weighted by Gasteiger charge is 2.56. The van der Waals surface area contributed by atoms with Gasteiger partial charge in [0, 0.05) is 19.0 Å². The summed E-state index contributed by atoms with van der Waals surface area (Å²) in [6.45, 7) is 0.918. The highest BCUT2D eigenvalue weighted by molar-refractivity contribution is 6.08. The summed E-state index contributed by atoms with van der Waals surface area (Å²) in [4.78, 5) is 44.6. The topological polar surface area (TPSA) is 125 Å². The number of alkyl halides is 3. The Balaban J connectivity index is 1.49. The summed E-state index contributed by atoms with van der Waals surface area (Å²) in [5.41, 5.74) is 5.54. The number of halogens is 3. The van der Waals surface area contributed by atoms with Crippen LogP contribution in [-0.2, 0) is 14.4 Å². The van der Waals surface area contributed by atoms with Crippen molar-refractivity contribution in [3.63, 3.8) is 0 Å². The zero-order chi connectivity index (χ0) is 22.5. The van der Waals surface area contributed by atoms with Gasteiger partial charge < -0.3 is 10.6 Å². The Morgan fingerprint density at radius 2 is 1.90 bits per heavy atom. The van der Waals surface area contributed by atoms with Crippen LogP contribution in [0, 0.1) is 23.7 Å². The first-order valence-corrected chi connectivity index (χ1v) is 10.1. The van der Waals surface area contributed by atoms with Crippen LogP contribution in [0.3, 0.4) is 0 Å². The van der Waals surface area contributed by atoms with Gasteiger partial charge in [-0.3, -0.25) is 24.4 Å². The lowest BCUT2D eigenvalue weighted by Crippen LogP contribution is -2.48. The number of nitrogens with two attached hydrogens (primary N) is 1. The molecule has 2 fully saturated rings. The van der Waals surface area contributed by atoms with Crippen molar-refractivity contribution < 1.29 is 27.6 Å². The molecule has 0 saturated carbocycles. The molecule has 4 unspecified atom stereocenters. The van der Waals surface area contributed by atoms with Gasteiger partial charge >= 0.3 is 6.18 Å². The van der Waals surface area contributed by atoms with Gasteiger partial charge in [-0.2, -0.15) is 18.2 Å². The van der Waals surface area contributed by atoms with Crippen molar-refractivity contribution in [1.29, 1.82) is 0 Å². The van der Waals surface area contributed by atoms with Gasteiger partial charge in [-0.05, 0) is 18.8 Å². The minimum Gasteiger partial charge on any atom is -0.367 e. The van der Waals surface area contributed by atoms with Crippen LogP contribution in [0.4, 0.5) is 19.1 Å². The van der Waals surface area contributed by atoms with E-state index in [2.05, 4.69) is 15.2 Å². The van der Waals surface area contributed by atoms with Crippen LogP contribution in [0.15, 0.2) is 12.2 Å². The molecule has 1 aromatic rings.